The molecule has 3 rings (SSSR count). The van der Waals surface area contributed by atoms with Gasteiger partial charge in [0.1, 0.15) is 12.1 Å². The first-order valence-corrected chi connectivity index (χ1v) is 12.7. The van der Waals surface area contributed by atoms with E-state index in [0.29, 0.717) is 6.42 Å². The van der Waals surface area contributed by atoms with Crippen LogP contribution in [0.25, 0.3) is 0 Å². The van der Waals surface area contributed by atoms with Crippen LogP contribution in [-0.4, -0.2) is 49.4 Å². The van der Waals surface area contributed by atoms with E-state index >= 15 is 0 Å². The molecule has 1 aromatic rings. The number of carbonyl (C=O) groups excluding carboxylic acids is 3. The number of likely N-dealkylation sites (N-methyl/N-ethyl adjacent to an activating group) is 1. The Morgan fingerprint density at radius 1 is 0.939 bits per heavy atom. The third-order valence-corrected chi connectivity index (χ3v) is 7.01. The smallest absolute Gasteiger partial charge is 0.243 e. The molecule has 0 radical (unpaired) electrons. The standard InChI is InChI=1S/C26H40N4O3/c1-27-24(31)22(17-10-13-19-11-4-2-5-12-19)29-26(33)23(20-14-6-3-7-15-20)30-25(32)21-16-8-9-18-28-21/h2,4-5,11-12,20-23,28H,3,6-10,13-18H2,1H3,(H,27,31)(H,29,33)(H,30,32)/t21-,22+,23-/m0/s1. The van der Waals surface area contributed by atoms with Crippen molar-refractivity contribution in [3.63, 3.8) is 0 Å². The molecule has 0 bridgehead atoms. The molecular formula is C26H40N4O3. The average Bonchev–Trinajstić information content (AvgIpc) is 2.87. The van der Waals surface area contributed by atoms with Crippen LogP contribution in [0, 0.1) is 5.92 Å². The SMILES string of the molecule is CNC(=O)[C@@H](CCCc1ccccc1)NC(=O)[C@@H](NC(=O)[C@@H]1CCCCN1)C1CCCCC1. The van der Waals surface area contributed by atoms with E-state index in [9.17, 15) is 14.4 Å². The lowest BCUT2D eigenvalue weighted by molar-refractivity contribution is -0.134. The molecule has 7 heteroatoms. The Morgan fingerprint density at radius 2 is 1.67 bits per heavy atom. The number of amides is 3. The van der Waals surface area contributed by atoms with E-state index in [1.165, 1.54) is 12.0 Å². The minimum atomic E-state index is -0.609. The summed E-state index contributed by atoms with van der Waals surface area (Å²) in [5.41, 5.74) is 1.21. The van der Waals surface area contributed by atoms with Gasteiger partial charge in [0.15, 0.2) is 0 Å². The minimum Gasteiger partial charge on any atom is -0.357 e. The maximum absolute atomic E-state index is 13.4. The van der Waals surface area contributed by atoms with Gasteiger partial charge >= 0.3 is 0 Å². The van der Waals surface area contributed by atoms with E-state index in [1.54, 1.807) is 7.05 Å². The van der Waals surface area contributed by atoms with Crippen molar-refractivity contribution in [1.29, 1.82) is 0 Å². The summed E-state index contributed by atoms with van der Waals surface area (Å²) in [6, 6.07) is 8.70. The van der Waals surface area contributed by atoms with Crippen molar-refractivity contribution in [2.24, 2.45) is 5.92 Å². The fourth-order valence-corrected chi connectivity index (χ4v) is 5.05. The van der Waals surface area contributed by atoms with Gasteiger partial charge in [-0.05, 0) is 63.0 Å². The molecule has 182 valence electrons. The van der Waals surface area contributed by atoms with Gasteiger partial charge in [-0.15, -0.1) is 0 Å². The van der Waals surface area contributed by atoms with Crippen LogP contribution < -0.4 is 21.3 Å². The van der Waals surface area contributed by atoms with Gasteiger partial charge in [-0.25, -0.2) is 0 Å². The van der Waals surface area contributed by atoms with Crippen LogP contribution >= 0.6 is 0 Å². The first-order valence-electron chi connectivity index (χ1n) is 12.7. The van der Waals surface area contributed by atoms with E-state index in [4.69, 9.17) is 0 Å². The monoisotopic (exact) mass is 456 g/mol. The number of piperidine rings is 1. The van der Waals surface area contributed by atoms with E-state index in [-0.39, 0.29) is 29.7 Å². The van der Waals surface area contributed by atoms with Crippen molar-refractivity contribution in [1.82, 2.24) is 21.3 Å². The predicted molar refractivity (Wildman–Crippen MR) is 130 cm³/mol. The number of aryl methyl sites for hydroxylation is 1. The van der Waals surface area contributed by atoms with E-state index < -0.39 is 12.1 Å². The van der Waals surface area contributed by atoms with Crippen LogP contribution in [0.15, 0.2) is 30.3 Å². The van der Waals surface area contributed by atoms with Crippen LogP contribution in [0.5, 0.6) is 0 Å². The Morgan fingerprint density at radius 3 is 2.33 bits per heavy atom. The topological polar surface area (TPSA) is 99.3 Å². The summed E-state index contributed by atoms with van der Waals surface area (Å²) in [6.45, 7) is 0.832. The van der Waals surface area contributed by atoms with Gasteiger partial charge in [0.2, 0.25) is 17.7 Å². The molecule has 2 fully saturated rings. The zero-order valence-electron chi connectivity index (χ0n) is 19.9. The molecule has 0 unspecified atom stereocenters. The third kappa shape index (κ3) is 7.84. The number of carbonyl (C=O) groups is 3. The summed E-state index contributed by atoms with van der Waals surface area (Å²) in [4.78, 5) is 38.9. The quantitative estimate of drug-likeness (QED) is 0.435. The first-order chi connectivity index (χ1) is 16.1. The van der Waals surface area contributed by atoms with Crippen molar-refractivity contribution in [2.75, 3.05) is 13.6 Å². The van der Waals surface area contributed by atoms with Gasteiger partial charge in [0.05, 0.1) is 6.04 Å². The molecular weight excluding hydrogens is 416 g/mol. The molecule has 1 saturated carbocycles. The third-order valence-electron chi connectivity index (χ3n) is 7.01. The molecule has 2 aliphatic rings. The molecule has 1 aliphatic heterocycles. The Balaban J connectivity index is 1.63. The summed E-state index contributed by atoms with van der Waals surface area (Å²) in [5, 5.41) is 12.0. The number of benzene rings is 1. The van der Waals surface area contributed by atoms with Gasteiger partial charge < -0.3 is 21.3 Å². The van der Waals surface area contributed by atoms with Crippen molar-refractivity contribution in [2.45, 2.75) is 88.8 Å². The lowest BCUT2D eigenvalue weighted by Crippen LogP contribution is -2.59. The molecule has 0 spiro atoms. The molecule has 33 heavy (non-hydrogen) atoms. The zero-order chi connectivity index (χ0) is 23.5. The molecule has 0 aromatic heterocycles. The Hall–Kier alpha value is -2.41. The molecule has 1 aliphatic carbocycles. The van der Waals surface area contributed by atoms with Crippen molar-refractivity contribution >= 4 is 17.7 Å². The van der Waals surface area contributed by atoms with Crippen LogP contribution in [-0.2, 0) is 20.8 Å². The van der Waals surface area contributed by atoms with Crippen LogP contribution in [0.1, 0.15) is 69.8 Å². The summed E-state index contributed by atoms with van der Waals surface area (Å²) in [6.07, 6.45) is 10.2. The van der Waals surface area contributed by atoms with E-state index in [1.807, 2.05) is 18.2 Å². The number of nitrogens with one attached hydrogen (secondary N) is 4. The van der Waals surface area contributed by atoms with Crippen molar-refractivity contribution < 1.29 is 14.4 Å². The Kier molecular flexibility index (Phi) is 10.2. The highest BCUT2D eigenvalue weighted by Gasteiger charge is 2.34. The number of hydrogen-bond acceptors (Lipinski definition) is 4. The minimum absolute atomic E-state index is 0.0963. The maximum atomic E-state index is 13.4. The summed E-state index contributed by atoms with van der Waals surface area (Å²) in [5.74, 6) is -0.416. The molecule has 3 amide bonds. The maximum Gasteiger partial charge on any atom is 0.243 e. The fraction of sp³-hybridized carbons (Fsp3) is 0.654. The second-order valence-electron chi connectivity index (χ2n) is 9.44. The van der Waals surface area contributed by atoms with Crippen LogP contribution in [0.4, 0.5) is 0 Å². The molecule has 3 atom stereocenters. The number of rotatable bonds is 10. The van der Waals surface area contributed by atoms with Crippen LogP contribution in [0.3, 0.4) is 0 Å². The molecule has 1 aromatic carbocycles. The average molecular weight is 457 g/mol. The normalized spacial score (nSPS) is 20.9. The van der Waals surface area contributed by atoms with E-state index in [0.717, 1.165) is 64.3 Å². The van der Waals surface area contributed by atoms with Crippen molar-refractivity contribution in [3.8, 4) is 0 Å². The van der Waals surface area contributed by atoms with Gasteiger partial charge in [0, 0.05) is 7.05 Å². The molecule has 1 heterocycles. The van der Waals surface area contributed by atoms with Crippen LogP contribution in [0.2, 0.25) is 0 Å². The lowest BCUT2D eigenvalue weighted by atomic mass is 9.83. The molecule has 1 saturated heterocycles. The fourth-order valence-electron chi connectivity index (χ4n) is 5.05. The molecule has 7 nitrogen and oxygen atoms in total. The Bertz CT molecular complexity index is 758. The Labute approximate surface area is 197 Å². The second kappa shape index (κ2) is 13.3. The highest BCUT2D eigenvalue weighted by Crippen LogP contribution is 2.27. The highest BCUT2D eigenvalue weighted by atomic mass is 16.2. The second-order valence-corrected chi connectivity index (χ2v) is 9.44. The van der Waals surface area contributed by atoms with Crippen molar-refractivity contribution in [3.05, 3.63) is 35.9 Å². The summed E-state index contributed by atoms with van der Waals surface area (Å²) >= 11 is 0. The summed E-state index contributed by atoms with van der Waals surface area (Å²) in [7, 11) is 1.59. The zero-order valence-corrected chi connectivity index (χ0v) is 19.9. The highest BCUT2D eigenvalue weighted by molar-refractivity contribution is 5.93. The largest absolute Gasteiger partial charge is 0.357 e. The predicted octanol–water partition coefficient (Wildman–Crippen LogP) is 2.45. The lowest BCUT2D eigenvalue weighted by Gasteiger charge is -2.33. The molecule has 4 N–H and O–H groups in total. The summed E-state index contributed by atoms with van der Waals surface area (Å²) < 4.78 is 0. The van der Waals surface area contributed by atoms with Gasteiger partial charge in [-0.2, -0.15) is 0 Å². The first kappa shape index (κ1) is 25.2. The van der Waals surface area contributed by atoms with E-state index in [2.05, 4.69) is 33.4 Å². The number of hydrogen-bond donors (Lipinski definition) is 4. The van der Waals surface area contributed by atoms with Gasteiger partial charge in [0.25, 0.3) is 0 Å². The van der Waals surface area contributed by atoms with Gasteiger partial charge in [-0.1, -0.05) is 56.0 Å². The van der Waals surface area contributed by atoms with Gasteiger partial charge in [-0.3, -0.25) is 14.4 Å².